The maximum Gasteiger partial charge on any atom is 0.164 e. The molecule has 0 spiro atoms. The summed E-state index contributed by atoms with van der Waals surface area (Å²) in [6.45, 7) is 6.06. The zero-order valence-corrected chi connectivity index (χ0v) is 22.0. The molecule has 37 heavy (non-hydrogen) atoms. The van der Waals surface area contributed by atoms with E-state index in [1.165, 1.54) is 0 Å². The highest BCUT2D eigenvalue weighted by molar-refractivity contribution is 6.83. The molecule has 0 aromatic heterocycles. The Morgan fingerprint density at radius 2 is 0.919 bits per heavy atom. The van der Waals surface area contributed by atoms with Crippen molar-refractivity contribution in [1.29, 1.82) is 15.9 Å². The smallest absolute Gasteiger partial charge is 0.164 e. The van der Waals surface area contributed by atoms with E-state index >= 15 is 0 Å². The van der Waals surface area contributed by atoms with Crippen molar-refractivity contribution in [2.45, 2.75) is 32.6 Å². The van der Waals surface area contributed by atoms with Crippen LogP contribution in [0.25, 0.3) is 0 Å². The van der Waals surface area contributed by atoms with E-state index in [1.807, 2.05) is 141 Å². The van der Waals surface area contributed by atoms with Gasteiger partial charge in [0.05, 0.1) is 11.8 Å². The van der Waals surface area contributed by atoms with Crippen molar-refractivity contribution in [2.24, 2.45) is 5.73 Å². The standard InChI is InChI=1S/C14H12N2.C13H11N.C4H9NSi.CH4/c15-11-14(16,12-7-3-1-4-8-12)13-9-5-2-6-10-13;14-13(11-7-3-1-4-8-11)12-9-5-2-6-10-12;1-6(2,3)4-5;/h1-10H,16H2;1-10,14H;1-3H3;1H4. The summed E-state index contributed by atoms with van der Waals surface area (Å²) in [5, 5.41) is 25.5. The fourth-order valence-corrected chi connectivity index (χ4v) is 3.07. The highest BCUT2D eigenvalue weighted by Gasteiger charge is 2.28. The van der Waals surface area contributed by atoms with Gasteiger partial charge in [-0.25, -0.2) is 5.26 Å². The first-order valence-corrected chi connectivity index (χ1v) is 15.1. The molecule has 4 aromatic carbocycles. The van der Waals surface area contributed by atoms with Crippen LogP contribution in [0, 0.1) is 27.7 Å². The van der Waals surface area contributed by atoms with E-state index in [9.17, 15) is 5.26 Å². The molecule has 0 saturated heterocycles. The number of nitrogens with zero attached hydrogens (tertiary/aromatic N) is 2. The maximum atomic E-state index is 9.32. The van der Waals surface area contributed by atoms with Crippen LogP contribution in [0.1, 0.15) is 29.7 Å². The first-order chi connectivity index (χ1) is 17.2. The number of rotatable bonds is 4. The average molecular weight is 505 g/mol. The summed E-state index contributed by atoms with van der Waals surface area (Å²) >= 11 is 0. The Morgan fingerprint density at radius 3 is 1.16 bits per heavy atom. The summed E-state index contributed by atoms with van der Waals surface area (Å²) in [5.41, 5.74) is 11.5. The minimum absolute atomic E-state index is 0. The normalized spacial score (nSPS) is 10.0. The molecule has 0 aliphatic heterocycles. The molecule has 188 valence electrons. The first-order valence-electron chi connectivity index (χ1n) is 11.6. The lowest BCUT2D eigenvalue weighted by Gasteiger charge is -2.22. The lowest BCUT2D eigenvalue weighted by atomic mass is 9.85. The number of hydrogen-bond donors (Lipinski definition) is 2. The molecule has 0 aliphatic rings. The third-order valence-corrected chi connectivity index (χ3v) is 5.77. The van der Waals surface area contributed by atoms with Crippen molar-refractivity contribution in [3.8, 4) is 11.8 Å². The third-order valence-electron chi connectivity index (χ3n) is 5.09. The fourth-order valence-electron chi connectivity index (χ4n) is 3.07. The van der Waals surface area contributed by atoms with Gasteiger partial charge in [-0.1, -0.05) is 148 Å². The summed E-state index contributed by atoms with van der Waals surface area (Å²) in [6, 6.07) is 40.6. The Morgan fingerprint density at radius 1 is 0.649 bits per heavy atom. The Labute approximate surface area is 223 Å². The number of nitrogens with one attached hydrogen (secondary N) is 1. The molecule has 0 fully saturated rings. The topological polar surface area (TPSA) is 97.4 Å². The second-order valence-corrected chi connectivity index (χ2v) is 13.8. The lowest BCUT2D eigenvalue weighted by Crippen LogP contribution is -2.36. The third kappa shape index (κ3) is 9.70. The zero-order valence-electron chi connectivity index (χ0n) is 21.0. The lowest BCUT2D eigenvalue weighted by molar-refractivity contribution is 0.698. The van der Waals surface area contributed by atoms with E-state index in [1.54, 1.807) is 0 Å². The molecule has 0 amide bonds. The molecule has 0 radical (unpaired) electrons. The maximum absolute atomic E-state index is 9.32. The molecule has 0 aliphatic carbocycles. The largest absolute Gasteiger partial charge is 0.306 e. The minimum Gasteiger partial charge on any atom is -0.306 e. The SMILES string of the molecule is C.C[Si](C)(C)C#N.N#CC(N)(c1ccccc1)c1ccccc1.N=C(c1ccccc1)c1ccccc1. The van der Waals surface area contributed by atoms with Gasteiger partial charge in [-0.2, -0.15) is 5.26 Å². The number of benzene rings is 4. The average Bonchev–Trinajstić information content (AvgIpc) is 2.94. The van der Waals surface area contributed by atoms with Crippen LogP contribution in [0.2, 0.25) is 19.6 Å². The number of hydrogen-bond acceptors (Lipinski definition) is 4. The van der Waals surface area contributed by atoms with Crippen LogP contribution in [0.4, 0.5) is 0 Å². The molecule has 4 nitrogen and oxygen atoms in total. The molecule has 4 aromatic rings. The van der Waals surface area contributed by atoms with E-state index in [0.717, 1.165) is 22.3 Å². The fraction of sp³-hybridized carbons (Fsp3) is 0.156. The van der Waals surface area contributed by atoms with Crippen LogP contribution in [0.3, 0.4) is 0 Å². The zero-order chi connectivity index (χ0) is 26.4. The summed E-state index contributed by atoms with van der Waals surface area (Å²) in [4.78, 5) is 0. The van der Waals surface area contributed by atoms with Gasteiger partial charge in [0, 0.05) is 5.69 Å². The highest BCUT2D eigenvalue weighted by Crippen LogP contribution is 2.25. The Bertz CT molecular complexity index is 1200. The first kappa shape index (κ1) is 30.7. The van der Waals surface area contributed by atoms with E-state index in [0.29, 0.717) is 5.71 Å². The van der Waals surface area contributed by atoms with E-state index in [4.69, 9.17) is 16.4 Å². The van der Waals surface area contributed by atoms with Gasteiger partial charge in [0.25, 0.3) is 0 Å². The molecular weight excluding hydrogens is 468 g/mol. The summed E-state index contributed by atoms with van der Waals surface area (Å²) < 4.78 is 0. The van der Waals surface area contributed by atoms with Gasteiger partial charge in [0.1, 0.15) is 0 Å². The minimum atomic E-state index is -1.33. The van der Waals surface area contributed by atoms with Crippen molar-refractivity contribution < 1.29 is 0 Å². The second kappa shape index (κ2) is 15.0. The molecule has 0 heterocycles. The van der Waals surface area contributed by atoms with Crippen molar-refractivity contribution in [1.82, 2.24) is 0 Å². The molecule has 5 heteroatoms. The molecule has 3 N–H and O–H groups in total. The molecular formula is C32H36N4Si. The van der Waals surface area contributed by atoms with Crippen LogP contribution in [0.15, 0.2) is 121 Å². The monoisotopic (exact) mass is 504 g/mol. The Hall–Kier alpha value is -4.29. The van der Waals surface area contributed by atoms with Crippen molar-refractivity contribution >= 4 is 13.8 Å². The summed E-state index contributed by atoms with van der Waals surface area (Å²) in [6.07, 6.45) is 0. The van der Waals surface area contributed by atoms with Crippen molar-refractivity contribution in [3.05, 3.63) is 144 Å². The van der Waals surface area contributed by atoms with Crippen molar-refractivity contribution in [2.75, 3.05) is 0 Å². The predicted molar refractivity (Wildman–Crippen MR) is 158 cm³/mol. The van der Waals surface area contributed by atoms with Gasteiger partial charge in [-0.3, -0.25) is 5.41 Å². The van der Waals surface area contributed by atoms with E-state index in [2.05, 4.69) is 11.8 Å². The molecule has 0 atom stereocenters. The Balaban J connectivity index is 0.000000300. The van der Waals surface area contributed by atoms with Crippen LogP contribution in [0.5, 0.6) is 0 Å². The molecule has 0 saturated carbocycles. The molecule has 0 unspecified atom stereocenters. The van der Waals surface area contributed by atoms with E-state index < -0.39 is 13.6 Å². The number of nitriles is 2. The van der Waals surface area contributed by atoms with Crippen molar-refractivity contribution in [3.63, 3.8) is 0 Å². The summed E-state index contributed by atoms with van der Waals surface area (Å²) in [7, 11) is -1.33. The molecule has 4 rings (SSSR count). The predicted octanol–water partition coefficient (Wildman–Crippen LogP) is 7.54. The van der Waals surface area contributed by atoms with Gasteiger partial charge >= 0.3 is 0 Å². The van der Waals surface area contributed by atoms with Gasteiger partial charge in [-0.05, 0) is 22.3 Å². The van der Waals surface area contributed by atoms with Gasteiger partial charge in [0.15, 0.2) is 13.6 Å². The number of nitrogens with two attached hydrogens (primary N) is 1. The summed E-state index contributed by atoms with van der Waals surface area (Å²) in [5.74, 6) is 0. The van der Waals surface area contributed by atoms with Gasteiger partial charge < -0.3 is 5.73 Å². The van der Waals surface area contributed by atoms with Crippen LogP contribution in [-0.4, -0.2) is 13.8 Å². The van der Waals surface area contributed by atoms with Gasteiger partial charge in [-0.15, -0.1) is 0 Å². The second-order valence-electron chi connectivity index (χ2n) is 9.12. The highest BCUT2D eigenvalue weighted by atomic mass is 28.3. The van der Waals surface area contributed by atoms with Gasteiger partial charge in [0.2, 0.25) is 0 Å². The van der Waals surface area contributed by atoms with Crippen LogP contribution >= 0.6 is 0 Å². The van der Waals surface area contributed by atoms with E-state index in [-0.39, 0.29) is 7.43 Å². The van der Waals surface area contributed by atoms with Crippen LogP contribution in [-0.2, 0) is 5.54 Å². The Kier molecular flexibility index (Phi) is 12.4. The van der Waals surface area contributed by atoms with Crippen LogP contribution < -0.4 is 5.73 Å². The quantitative estimate of drug-likeness (QED) is 0.222. The molecule has 0 bridgehead atoms.